The molecule has 0 bridgehead atoms. The van der Waals surface area contributed by atoms with Gasteiger partial charge in [0.05, 0.1) is 30.8 Å². The Hall–Kier alpha value is -1.26. The van der Waals surface area contributed by atoms with E-state index in [2.05, 4.69) is 106 Å². The summed E-state index contributed by atoms with van der Waals surface area (Å²) in [6.45, 7) is 32.8. The third kappa shape index (κ3) is 7.96. The van der Waals surface area contributed by atoms with E-state index in [0.29, 0.717) is 30.6 Å². The number of allylic oxidation sites excluding steroid dienone is 4. The molecule has 0 amide bonds. The molecule has 0 aromatic carbocycles. The summed E-state index contributed by atoms with van der Waals surface area (Å²) in [4.78, 5) is 12.3. The number of hydrogen-bond donors (Lipinski definition) is 1. The lowest BCUT2D eigenvalue weighted by atomic mass is 9.61. The third-order valence-corrected chi connectivity index (χ3v) is 23.0. The lowest BCUT2D eigenvalue weighted by Crippen LogP contribution is -2.49. The maximum atomic E-state index is 12.3. The minimum atomic E-state index is -2.01. The molecule has 5 nitrogen and oxygen atoms in total. The number of esters is 1. The van der Waals surface area contributed by atoms with Gasteiger partial charge in [-0.3, -0.25) is 4.79 Å². The van der Waals surface area contributed by atoms with Gasteiger partial charge in [-0.15, -0.1) is 0 Å². The molecular formula is C41H70O5Si2. The molecule has 1 N–H and O–H groups in total. The normalized spacial score (nSPS) is 32.8. The fourth-order valence-corrected chi connectivity index (χ4v) is 11.1. The Kier molecular flexibility index (Phi) is 11.6. The van der Waals surface area contributed by atoms with Crippen molar-refractivity contribution in [3.05, 3.63) is 47.6 Å². The zero-order valence-electron chi connectivity index (χ0n) is 32.9. The summed E-state index contributed by atoms with van der Waals surface area (Å²) in [6.07, 6.45) is 17.4. The summed E-state index contributed by atoms with van der Waals surface area (Å²) >= 11 is 0. The number of fused-ring (bicyclic) bond motifs is 1. The summed E-state index contributed by atoms with van der Waals surface area (Å²) < 4.78 is 19.2. The highest BCUT2D eigenvalue weighted by Crippen LogP contribution is 2.60. The lowest BCUT2D eigenvalue weighted by Gasteiger charge is -2.45. The molecule has 272 valence electrons. The van der Waals surface area contributed by atoms with E-state index in [1.807, 2.05) is 6.08 Å². The van der Waals surface area contributed by atoms with E-state index in [9.17, 15) is 9.90 Å². The van der Waals surface area contributed by atoms with E-state index in [-0.39, 0.29) is 33.7 Å². The van der Waals surface area contributed by atoms with E-state index >= 15 is 0 Å². The molecule has 4 saturated carbocycles. The fraction of sp³-hybridized carbons (Fsp3) is 0.780. The lowest BCUT2D eigenvalue weighted by molar-refractivity contribution is -0.150. The van der Waals surface area contributed by atoms with Crippen molar-refractivity contribution >= 4 is 22.6 Å². The van der Waals surface area contributed by atoms with Gasteiger partial charge >= 0.3 is 5.97 Å². The standard InChI is InChI=1S/C41H70O5Si2/c1-28(17-22-36(42)41(24-25-41)37(43)44-10)33-20-21-34-30(16-15-23-40(33,34)9)18-19-31-26-32(45-47(11,12)38(3,4)5)27-35(29(31)2)46-48(13,14)39(6,7)8/h17-19,22,28,32-36,42H,2,15-16,20-21,23-27H2,1,3-14H3/b22-17+,30-18+,31-19+/t28-,32-,33-,34+,35+,36-,40-/m1/s1. The van der Waals surface area contributed by atoms with Crippen molar-refractivity contribution in [2.24, 2.45) is 28.6 Å². The van der Waals surface area contributed by atoms with E-state index in [0.717, 1.165) is 24.8 Å². The largest absolute Gasteiger partial charge is 0.469 e. The number of carbonyl (C=O) groups is 1. The predicted molar refractivity (Wildman–Crippen MR) is 205 cm³/mol. The fourth-order valence-electron chi connectivity index (χ4n) is 8.47. The predicted octanol–water partition coefficient (Wildman–Crippen LogP) is 10.7. The first-order chi connectivity index (χ1) is 22.0. The number of ether oxygens (including phenoxy) is 1. The number of carbonyl (C=O) groups excluding carboxylic acids is 1. The number of aliphatic hydroxyl groups is 1. The van der Waals surface area contributed by atoms with Gasteiger partial charge in [0.25, 0.3) is 0 Å². The van der Waals surface area contributed by atoms with Gasteiger partial charge < -0.3 is 18.7 Å². The topological polar surface area (TPSA) is 65.0 Å². The molecule has 4 aliphatic carbocycles. The van der Waals surface area contributed by atoms with Crippen LogP contribution in [-0.4, -0.2) is 53.1 Å². The van der Waals surface area contributed by atoms with Gasteiger partial charge in [-0.05, 0) is 122 Å². The number of hydrogen-bond acceptors (Lipinski definition) is 5. The van der Waals surface area contributed by atoms with E-state index in [1.54, 1.807) is 5.57 Å². The molecule has 0 radical (unpaired) electrons. The Balaban J connectivity index is 1.56. The molecule has 0 aromatic heterocycles. The SMILES string of the molecule is C=C1/C(=C/C=C2\CCC[C@]3(C)[C@@H]([C@H](C)/C=C/[C@@H](O)C4(C(=O)OC)CC4)CC[C@@H]23)C[C@@H](O[Si](C)(C)C(C)(C)C)C[C@@H]1O[Si](C)(C)C(C)(C)C. The minimum Gasteiger partial charge on any atom is -0.469 e. The number of methoxy groups -OCH3 is 1. The molecule has 4 fully saturated rings. The quantitative estimate of drug-likeness (QED) is 0.140. The molecule has 4 rings (SSSR count). The van der Waals surface area contributed by atoms with Gasteiger partial charge in [0.2, 0.25) is 0 Å². The Labute approximate surface area is 296 Å². The van der Waals surface area contributed by atoms with E-state index in [1.165, 1.54) is 38.4 Å². The number of aliphatic hydroxyl groups excluding tert-OH is 1. The number of rotatable bonds is 10. The maximum Gasteiger partial charge on any atom is 0.314 e. The van der Waals surface area contributed by atoms with Gasteiger partial charge in [-0.2, -0.15) is 0 Å². The summed E-state index contributed by atoms with van der Waals surface area (Å²) in [6, 6.07) is 0. The van der Waals surface area contributed by atoms with Crippen LogP contribution < -0.4 is 0 Å². The van der Waals surface area contributed by atoms with Crippen molar-refractivity contribution in [3.63, 3.8) is 0 Å². The first-order valence-electron chi connectivity index (χ1n) is 18.9. The molecule has 0 unspecified atom stereocenters. The van der Waals surface area contributed by atoms with Gasteiger partial charge in [-0.1, -0.05) is 91.8 Å². The second kappa shape index (κ2) is 14.0. The molecule has 0 aromatic rings. The van der Waals surface area contributed by atoms with Crippen molar-refractivity contribution in [2.45, 2.75) is 168 Å². The van der Waals surface area contributed by atoms with Gasteiger partial charge in [-0.25, -0.2) is 0 Å². The molecule has 7 atom stereocenters. The van der Waals surface area contributed by atoms with Crippen LogP contribution in [0, 0.1) is 28.6 Å². The van der Waals surface area contributed by atoms with Gasteiger partial charge in [0.15, 0.2) is 16.6 Å². The smallest absolute Gasteiger partial charge is 0.314 e. The van der Waals surface area contributed by atoms with Crippen LogP contribution in [0.25, 0.3) is 0 Å². The average molecular weight is 699 g/mol. The monoisotopic (exact) mass is 698 g/mol. The zero-order chi connectivity index (χ0) is 36.1. The average Bonchev–Trinajstić information content (AvgIpc) is 3.70. The van der Waals surface area contributed by atoms with Crippen LogP contribution in [0.5, 0.6) is 0 Å². The van der Waals surface area contributed by atoms with Crippen molar-refractivity contribution in [1.29, 1.82) is 0 Å². The molecule has 0 aliphatic heterocycles. The Morgan fingerprint density at radius 3 is 2.12 bits per heavy atom. The Morgan fingerprint density at radius 2 is 1.56 bits per heavy atom. The third-order valence-electron chi connectivity index (χ3n) is 14.0. The molecule has 4 aliphatic rings. The van der Waals surface area contributed by atoms with Gasteiger partial charge in [0, 0.05) is 6.42 Å². The highest BCUT2D eigenvalue weighted by atomic mass is 28.4. The zero-order valence-corrected chi connectivity index (χ0v) is 34.9. The summed E-state index contributed by atoms with van der Waals surface area (Å²) in [5.41, 5.74) is 3.52. The van der Waals surface area contributed by atoms with Crippen molar-refractivity contribution in [3.8, 4) is 0 Å². The molecule has 0 saturated heterocycles. The van der Waals surface area contributed by atoms with Crippen LogP contribution in [0.4, 0.5) is 0 Å². The molecule has 48 heavy (non-hydrogen) atoms. The van der Waals surface area contributed by atoms with E-state index < -0.39 is 28.2 Å². The van der Waals surface area contributed by atoms with Crippen LogP contribution >= 0.6 is 0 Å². The maximum absolute atomic E-state index is 12.3. The van der Waals surface area contributed by atoms with Crippen LogP contribution in [0.15, 0.2) is 47.6 Å². The first kappa shape index (κ1) is 39.5. The Bertz CT molecular complexity index is 1290. The minimum absolute atomic E-state index is 0.0107. The van der Waals surface area contributed by atoms with Crippen LogP contribution in [-0.2, 0) is 18.4 Å². The van der Waals surface area contributed by atoms with E-state index in [4.69, 9.17) is 13.6 Å². The molecule has 0 heterocycles. The molecule has 7 heteroatoms. The van der Waals surface area contributed by atoms with Crippen molar-refractivity contribution in [2.75, 3.05) is 7.11 Å². The molecular weight excluding hydrogens is 629 g/mol. The van der Waals surface area contributed by atoms with Crippen molar-refractivity contribution in [1.82, 2.24) is 0 Å². The van der Waals surface area contributed by atoms with Gasteiger partial charge in [0.1, 0.15) is 0 Å². The second-order valence-electron chi connectivity index (χ2n) is 19.2. The highest BCUT2D eigenvalue weighted by molar-refractivity contribution is 6.74. The second-order valence-corrected chi connectivity index (χ2v) is 28.7. The Morgan fingerprint density at radius 1 is 0.958 bits per heavy atom. The van der Waals surface area contributed by atoms with Crippen LogP contribution in [0.3, 0.4) is 0 Å². The van der Waals surface area contributed by atoms with Crippen LogP contribution in [0.1, 0.15) is 113 Å². The highest BCUT2D eigenvalue weighted by Gasteiger charge is 2.56. The molecule has 0 spiro atoms. The summed E-state index contributed by atoms with van der Waals surface area (Å²) in [7, 11) is -2.56. The van der Waals surface area contributed by atoms with Crippen molar-refractivity contribution < 1.29 is 23.5 Å². The van der Waals surface area contributed by atoms with Crippen LogP contribution in [0.2, 0.25) is 36.3 Å². The first-order valence-corrected chi connectivity index (χ1v) is 24.7. The summed E-state index contributed by atoms with van der Waals surface area (Å²) in [5, 5.41) is 11.2. The summed E-state index contributed by atoms with van der Waals surface area (Å²) in [5.74, 6) is 1.16.